The number of aromatic nitrogens is 1. The highest BCUT2D eigenvalue weighted by Crippen LogP contribution is 2.30. The molecule has 0 aliphatic rings. The number of anilines is 1. The van der Waals surface area contributed by atoms with Crippen LogP contribution in [0.15, 0.2) is 35.1 Å². The number of halogens is 2. The first-order valence-electron chi connectivity index (χ1n) is 7.94. The second-order valence-corrected chi connectivity index (χ2v) is 6.94. The van der Waals surface area contributed by atoms with Gasteiger partial charge < -0.3 is 19.7 Å². The van der Waals surface area contributed by atoms with Gasteiger partial charge in [-0.05, 0) is 58.0 Å². The third kappa shape index (κ3) is 4.81. The van der Waals surface area contributed by atoms with E-state index >= 15 is 0 Å². The summed E-state index contributed by atoms with van der Waals surface area (Å²) in [6.07, 6.45) is -1.31. The van der Waals surface area contributed by atoms with E-state index in [4.69, 9.17) is 16.3 Å². The average Bonchev–Trinajstić information content (AvgIpc) is 2.49. The molecule has 2 rings (SSSR count). The third-order valence-corrected chi connectivity index (χ3v) is 3.69. The van der Waals surface area contributed by atoms with E-state index in [0.717, 1.165) is 0 Å². The van der Waals surface area contributed by atoms with Crippen LogP contribution >= 0.6 is 11.6 Å². The molecule has 1 atom stereocenters. The first-order chi connectivity index (χ1) is 11.6. The van der Waals surface area contributed by atoms with Gasteiger partial charge in [0.15, 0.2) is 0 Å². The van der Waals surface area contributed by atoms with Crippen molar-refractivity contribution in [3.63, 3.8) is 0 Å². The molecule has 0 aliphatic carbocycles. The van der Waals surface area contributed by atoms with Crippen molar-refractivity contribution in [2.75, 3.05) is 5.32 Å². The number of nitrogens with zero attached hydrogens (tertiary/aromatic N) is 1. The Balaban J connectivity index is 2.56. The molecule has 2 N–H and O–H groups in total. The summed E-state index contributed by atoms with van der Waals surface area (Å²) in [5, 5.41) is 13.0. The van der Waals surface area contributed by atoms with Crippen LogP contribution in [0.2, 0.25) is 5.02 Å². The molecule has 0 spiro atoms. The molecule has 0 bridgehead atoms. The zero-order chi connectivity index (χ0) is 18.8. The Kier molecular flexibility index (Phi) is 5.87. The lowest BCUT2D eigenvalue weighted by molar-refractivity contribution is -0.148. The summed E-state index contributed by atoms with van der Waals surface area (Å²) in [6, 6.07) is 7.17. The van der Waals surface area contributed by atoms with Gasteiger partial charge >= 0.3 is 0 Å². The highest BCUT2D eigenvalue weighted by molar-refractivity contribution is 6.30. The van der Waals surface area contributed by atoms with Crippen LogP contribution in [0.5, 0.6) is 0 Å². The van der Waals surface area contributed by atoms with Crippen molar-refractivity contribution in [3.8, 4) is 11.3 Å². The number of nitrogens with one attached hydrogen (secondary N) is 1. The van der Waals surface area contributed by atoms with E-state index in [0.29, 0.717) is 23.5 Å². The molecule has 136 valence electrons. The van der Waals surface area contributed by atoms with Gasteiger partial charge in [-0.15, -0.1) is 0 Å². The number of pyridine rings is 1. The van der Waals surface area contributed by atoms with E-state index in [1.165, 1.54) is 22.8 Å². The van der Waals surface area contributed by atoms with Crippen LogP contribution < -0.4 is 10.9 Å². The number of ether oxygens (including phenoxy) is 1. The van der Waals surface area contributed by atoms with Crippen molar-refractivity contribution in [2.45, 2.75) is 46.3 Å². The fourth-order valence-electron chi connectivity index (χ4n) is 2.46. The molecular formula is C18H22ClFN2O3. The minimum Gasteiger partial charge on any atom is -0.351 e. The molecule has 25 heavy (non-hydrogen) atoms. The summed E-state index contributed by atoms with van der Waals surface area (Å²) in [5.41, 5.74) is 0.580. The van der Waals surface area contributed by atoms with Gasteiger partial charge in [0.25, 0.3) is 5.56 Å². The third-order valence-electron chi connectivity index (χ3n) is 3.42. The maximum atomic E-state index is 13.3. The first kappa shape index (κ1) is 19.4. The van der Waals surface area contributed by atoms with E-state index in [9.17, 15) is 14.3 Å². The van der Waals surface area contributed by atoms with Gasteiger partial charge in [0, 0.05) is 12.1 Å². The van der Waals surface area contributed by atoms with E-state index in [1.54, 1.807) is 39.8 Å². The molecule has 7 heteroatoms. The molecule has 2 aromatic rings. The number of aliphatic hydroxyl groups excluding tert-OH is 1. The second kappa shape index (κ2) is 7.56. The molecule has 0 saturated heterocycles. The second-order valence-electron chi connectivity index (χ2n) is 6.54. The smallest absolute Gasteiger partial charge is 0.269 e. The normalized spacial score (nSPS) is 12.9. The maximum absolute atomic E-state index is 13.3. The molecule has 1 heterocycles. The monoisotopic (exact) mass is 368 g/mol. The quantitative estimate of drug-likeness (QED) is 0.787. The molecule has 1 aromatic heterocycles. The zero-order valence-corrected chi connectivity index (χ0v) is 15.4. The van der Waals surface area contributed by atoms with Crippen LogP contribution in [0.25, 0.3) is 11.3 Å². The van der Waals surface area contributed by atoms with Crippen LogP contribution in [0.3, 0.4) is 0 Å². The fourth-order valence-corrected chi connectivity index (χ4v) is 2.67. The molecule has 0 radical (unpaired) electrons. The first-order valence-corrected chi connectivity index (χ1v) is 8.32. The Morgan fingerprint density at radius 1 is 1.32 bits per heavy atom. The molecule has 0 aliphatic heterocycles. The van der Waals surface area contributed by atoms with Crippen LogP contribution in [0, 0.1) is 5.82 Å². The molecule has 5 nitrogen and oxygen atoms in total. The summed E-state index contributed by atoms with van der Waals surface area (Å²) >= 11 is 6.04. The van der Waals surface area contributed by atoms with Crippen molar-refractivity contribution in [1.29, 1.82) is 0 Å². The van der Waals surface area contributed by atoms with Gasteiger partial charge in [-0.1, -0.05) is 11.6 Å². The fraction of sp³-hybridized carbons (Fsp3) is 0.389. The molecular weight excluding hydrogens is 347 g/mol. The van der Waals surface area contributed by atoms with Gasteiger partial charge in [0.2, 0.25) is 6.41 Å². The summed E-state index contributed by atoms with van der Waals surface area (Å²) < 4.78 is 20.2. The molecule has 0 fully saturated rings. The van der Waals surface area contributed by atoms with Gasteiger partial charge in [-0.3, -0.25) is 4.79 Å². The van der Waals surface area contributed by atoms with Gasteiger partial charge in [0.1, 0.15) is 10.8 Å². The molecule has 0 saturated carbocycles. The average molecular weight is 369 g/mol. The zero-order valence-electron chi connectivity index (χ0n) is 14.6. The number of hydrogen-bond acceptors (Lipinski definition) is 4. The molecule has 0 amide bonds. The van der Waals surface area contributed by atoms with E-state index in [1.807, 2.05) is 0 Å². The molecule has 1 unspecified atom stereocenters. The highest BCUT2D eigenvalue weighted by Gasteiger charge is 2.20. The lowest BCUT2D eigenvalue weighted by Crippen LogP contribution is -2.33. The van der Waals surface area contributed by atoms with E-state index in [-0.39, 0.29) is 16.4 Å². The standard InChI is InChI=1S/C18H22ClFN2O3/c1-5-22-15(11-6-8-12(20)9-7-11)14(10-13(19)16(22)23)21-17(24)25-18(2,3)4/h6-10,17,21,24H,5H2,1-4H3. The number of benzene rings is 1. The number of hydrogen-bond donors (Lipinski definition) is 2. The number of rotatable bonds is 5. The van der Waals surface area contributed by atoms with Crippen molar-refractivity contribution in [3.05, 3.63) is 51.5 Å². The van der Waals surface area contributed by atoms with E-state index in [2.05, 4.69) is 5.32 Å². The van der Waals surface area contributed by atoms with Crippen molar-refractivity contribution < 1.29 is 14.2 Å². The van der Waals surface area contributed by atoms with Crippen LogP contribution in [0.1, 0.15) is 27.7 Å². The van der Waals surface area contributed by atoms with Crippen LogP contribution in [-0.2, 0) is 11.3 Å². The van der Waals surface area contributed by atoms with E-state index < -0.39 is 12.0 Å². The predicted octanol–water partition coefficient (Wildman–Crippen LogP) is 3.83. The van der Waals surface area contributed by atoms with Gasteiger partial charge in [-0.25, -0.2) is 4.39 Å². The minimum absolute atomic E-state index is 0.0122. The minimum atomic E-state index is -1.31. The Bertz CT molecular complexity index is 798. The Labute approximate surface area is 151 Å². The Morgan fingerprint density at radius 2 is 1.92 bits per heavy atom. The van der Waals surface area contributed by atoms with Crippen molar-refractivity contribution >= 4 is 17.3 Å². The SMILES string of the molecule is CCn1c(-c2ccc(F)cc2)c(NC(O)OC(C)(C)C)cc(Cl)c1=O. The summed E-state index contributed by atoms with van der Waals surface area (Å²) in [7, 11) is 0. The van der Waals surface area contributed by atoms with Crippen molar-refractivity contribution in [2.24, 2.45) is 0 Å². The highest BCUT2D eigenvalue weighted by atomic mass is 35.5. The van der Waals surface area contributed by atoms with Gasteiger partial charge in [-0.2, -0.15) is 0 Å². The lowest BCUT2D eigenvalue weighted by Gasteiger charge is -2.26. The molecule has 1 aromatic carbocycles. The summed E-state index contributed by atoms with van der Waals surface area (Å²) in [6.45, 7) is 7.57. The van der Waals surface area contributed by atoms with Crippen LogP contribution in [-0.4, -0.2) is 21.7 Å². The van der Waals surface area contributed by atoms with Crippen molar-refractivity contribution in [1.82, 2.24) is 4.57 Å². The Morgan fingerprint density at radius 3 is 2.44 bits per heavy atom. The van der Waals surface area contributed by atoms with Crippen LogP contribution in [0.4, 0.5) is 10.1 Å². The summed E-state index contributed by atoms with van der Waals surface area (Å²) in [4.78, 5) is 12.4. The topological polar surface area (TPSA) is 63.5 Å². The predicted molar refractivity (Wildman–Crippen MR) is 97.2 cm³/mol. The lowest BCUT2D eigenvalue weighted by atomic mass is 10.1. The Hall–Kier alpha value is -1.89. The van der Waals surface area contributed by atoms with Gasteiger partial charge in [0.05, 0.1) is 17.0 Å². The largest absolute Gasteiger partial charge is 0.351 e. The maximum Gasteiger partial charge on any atom is 0.269 e. The summed E-state index contributed by atoms with van der Waals surface area (Å²) in [5.74, 6) is -0.381. The number of aliphatic hydroxyl groups is 1.